The van der Waals surface area contributed by atoms with Crippen LogP contribution in [0.15, 0.2) is 15.7 Å². The van der Waals surface area contributed by atoms with Crippen LogP contribution >= 0.6 is 11.3 Å². The molecule has 0 aliphatic heterocycles. The highest BCUT2D eigenvalue weighted by atomic mass is 32.2. The summed E-state index contributed by atoms with van der Waals surface area (Å²) in [5, 5.41) is 1.76. The number of thiophene rings is 1. The summed E-state index contributed by atoms with van der Waals surface area (Å²) in [4.78, 5) is 0. The summed E-state index contributed by atoms with van der Waals surface area (Å²) < 4.78 is 32.0. The summed E-state index contributed by atoms with van der Waals surface area (Å²) >= 11 is 1.19. The van der Waals surface area contributed by atoms with Gasteiger partial charge in [-0.05, 0) is 35.8 Å². The van der Waals surface area contributed by atoms with Gasteiger partial charge in [-0.15, -0.1) is 11.3 Å². The summed E-state index contributed by atoms with van der Waals surface area (Å²) in [7, 11) is -3.40. The third-order valence-electron chi connectivity index (χ3n) is 2.72. The minimum Gasteiger partial charge on any atom is -0.380 e. The van der Waals surface area contributed by atoms with E-state index in [9.17, 15) is 8.42 Å². The van der Waals surface area contributed by atoms with Crippen LogP contribution in [0.2, 0.25) is 0 Å². The third kappa shape index (κ3) is 4.03. The van der Waals surface area contributed by atoms with Gasteiger partial charge in [-0.1, -0.05) is 0 Å². The van der Waals surface area contributed by atoms with E-state index >= 15 is 0 Å². The molecule has 1 fully saturated rings. The van der Waals surface area contributed by atoms with Crippen LogP contribution < -0.4 is 10.5 Å². The fourth-order valence-corrected chi connectivity index (χ4v) is 3.73. The van der Waals surface area contributed by atoms with Crippen molar-refractivity contribution in [2.24, 2.45) is 11.7 Å². The highest BCUT2D eigenvalue weighted by molar-refractivity contribution is 7.91. The van der Waals surface area contributed by atoms with E-state index in [0.717, 1.165) is 12.2 Å². The maximum Gasteiger partial charge on any atom is 0.250 e. The second kappa shape index (κ2) is 6.12. The van der Waals surface area contributed by atoms with Crippen molar-refractivity contribution in [3.05, 3.63) is 17.0 Å². The Kier molecular flexibility index (Phi) is 4.74. The smallest absolute Gasteiger partial charge is 0.250 e. The fourth-order valence-electron chi connectivity index (χ4n) is 1.45. The van der Waals surface area contributed by atoms with Crippen molar-refractivity contribution >= 4 is 21.4 Å². The van der Waals surface area contributed by atoms with Crippen molar-refractivity contribution in [3.63, 3.8) is 0 Å². The Morgan fingerprint density at radius 3 is 2.89 bits per heavy atom. The first-order valence-corrected chi connectivity index (χ1v) is 8.33. The van der Waals surface area contributed by atoms with Gasteiger partial charge in [0, 0.05) is 19.7 Å². The molecule has 1 saturated carbocycles. The van der Waals surface area contributed by atoms with Crippen LogP contribution in [0.25, 0.3) is 0 Å². The van der Waals surface area contributed by atoms with Gasteiger partial charge in [-0.25, -0.2) is 13.1 Å². The first kappa shape index (κ1) is 14.0. The summed E-state index contributed by atoms with van der Waals surface area (Å²) in [5.41, 5.74) is 6.29. The summed E-state index contributed by atoms with van der Waals surface area (Å²) in [6.07, 6.45) is 2.48. The molecule has 1 heterocycles. The molecule has 0 spiro atoms. The van der Waals surface area contributed by atoms with Crippen molar-refractivity contribution in [2.45, 2.75) is 23.6 Å². The van der Waals surface area contributed by atoms with E-state index in [-0.39, 0.29) is 0 Å². The van der Waals surface area contributed by atoms with Crippen molar-refractivity contribution < 1.29 is 13.2 Å². The van der Waals surface area contributed by atoms with Gasteiger partial charge in [0.2, 0.25) is 10.0 Å². The zero-order valence-electron chi connectivity index (χ0n) is 10.1. The van der Waals surface area contributed by atoms with E-state index in [4.69, 9.17) is 10.5 Å². The van der Waals surface area contributed by atoms with E-state index in [1.807, 2.05) is 0 Å². The molecule has 0 atom stereocenters. The lowest BCUT2D eigenvalue weighted by atomic mass is 10.4. The molecule has 5 nitrogen and oxygen atoms in total. The lowest BCUT2D eigenvalue weighted by Crippen LogP contribution is -2.27. The van der Waals surface area contributed by atoms with Crippen LogP contribution in [0, 0.1) is 5.92 Å². The molecule has 0 unspecified atom stereocenters. The minimum atomic E-state index is -3.40. The quantitative estimate of drug-likeness (QED) is 0.697. The molecule has 7 heteroatoms. The number of hydrogen-bond donors (Lipinski definition) is 2. The number of nitrogens with one attached hydrogen (secondary N) is 1. The number of hydrogen-bond acceptors (Lipinski definition) is 5. The molecule has 1 aromatic heterocycles. The van der Waals surface area contributed by atoms with Crippen molar-refractivity contribution in [3.8, 4) is 0 Å². The molecule has 3 N–H and O–H groups in total. The molecule has 18 heavy (non-hydrogen) atoms. The second-order valence-electron chi connectivity index (χ2n) is 4.39. The summed E-state index contributed by atoms with van der Waals surface area (Å²) in [5.74, 6) is 0.700. The van der Waals surface area contributed by atoms with Gasteiger partial charge < -0.3 is 10.5 Å². The van der Waals surface area contributed by atoms with Gasteiger partial charge in [0.1, 0.15) is 4.21 Å². The van der Waals surface area contributed by atoms with Crippen LogP contribution in [0.1, 0.15) is 18.4 Å². The monoisotopic (exact) mass is 290 g/mol. The van der Waals surface area contributed by atoms with Crippen molar-refractivity contribution in [2.75, 3.05) is 19.8 Å². The van der Waals surface area contributed by atoms with Crippen LogP contribution in [0.5, 0.6) is 0 Å². The summed E-state index contributed by atoms with van der Waals surface area (Å²) in [6, 6.07) is 1.61. The molecule has 0 bridgehead atoms. The molecule has 102 valence electrons. The first-order valence-electron chi connectivity index (χ1n) is 5.96. The molecule has 0 aromatic carbocycles. The van der Waals surface area contributed by atoms with E-state index in [0.29, 0.717) is 29.8 Å². The van der Waals surface area contributed by atoms with Gasteiger partial charge in [-0.3, -0.25) is 0 Å². The normalized spacial score (nSPS) is 16.1. The van der Waals surface area contributed by atoms with Gasteiger partial charge in [0.15, 0.2) is 0 Å². The topological polar surface area (TPSA) is 81.4 Å². The lowest BCUT2D eigenvalue weighted by Gasteiger charge is -2.05. The Bertz CT molecular complexity index is 480. The molecule has 0 radical (unpaired) electrons. The van der Waals surface area contributed by atoms with Gasteiger partial charge >= 0.3 is 0 Å². The number of nitrogens with two attached hydrogens (primary N) is 1. The predicted octanol–water partition coefficient (Wildman–Crippen LogP) is 0.912. The fraction of sp³-hybridized carbons (Fsp3) is 0.636. The van der Waals surface area contributed by atoms with E-state index < -0.39 is 10.0 Å². The van der Waals surface area contributed by atoms with Crippen LogP contribution in [-0.4, -0.2) is 28.2 Å². The average Bonchev–Trinajstić information content (AvgIpc) is 3.03. The SMILES string of the molecule is NCc1csc(S(=O)(=O)NCCOCC2CC2)c1. The zero-order chi connectivity index (χ0) is 13.0. The van der Waals surface area contributed by atoms with Crippen LogP contribution in [0.3, 0.4) is 0 Å². The molecule has 2 rings (SSSR count). The third-order valence-corrected chi connectivity index (χ3v) is 5.67. The number of ether oxygens (including phenoxy) is 1. The minimum absolute atomic E-state index is 0.310. The molecule has 0 saturated heterocycles. The zero-order valence-corrected chi connectivity index (χ0v) is 11.7. The second-order valence-corrected chi connectivity index (χ2v) is 7.30. The lowest BCUT2D eigenvalue weighted by molar-refractivity contribution is 0.129. The van der Waals surface area contributed by atoms with E-state index in [1.54, 1.807) is 11.4 Å². The number of sulfonamides is 1. The van der Waals surface area contributed by atoms with Crippen LogP contribution in [0.4, 0.5) is 0 Å². The molecular weight excluding hydrogens is 272 g/mol. The van der Waals surface area contributed by atoms with Crippen LogP contribution in [-0.2, 0) is 21.3 Å². The van der Waals surface area contributed by atoms with Crippen molar-refractivity contribution in [1.29, 1.82) is 0 Å². The van der Waals surface area contributed by atoms with Gasteiger partial charge in [-0.2, -0.15) is 0 Å². The highest BCUT2D eigenvalue weighted by Crippen LogP contribution is 2.28. The Balaban J connectivity index is 1.75. The molecular formula is C11H18N2O3S2. The molecule has 1 aromatic rings. The van der Waals surface area contributed by atoms with Crippen molar-refractivity contribution in [1.82, 2.24) is 4.72 Å². The molecule has 1 aliphatic rings. The Morgan fingerprint density at radius 2 is 2.28 bits per heavy atom. The highest BCUT2D eigenvalue weighted by Gasteiger charge is 2.21. The maximum atomic E-state index is 11.9. The molecule has 0 amide bonds. The van der Waals surface area contributed by atoms with E-state index in [2.05, 4.69) is 4.72 Å². The Morgan fingerprint density at radius 1 is 1.50 bits per heavy atom. The Hall–Kier alpha value is -0.470. The Labute approximate surface area is 111 Å². The molecule has 1 aliphatic carbocycles. The predicted molar refractivity (Wildman–Crippen MR) is 70.9 cm³/mol. The number of rotatable bonds is 8. The standard InChI is InChI=1S/C11H18N2O3S2/c12-6-10-5-11(17-8-10)18(14,15)13-3-4-16-7-9-1-2-9/h5,8-9,13H,1-4,6-7,12H2. The maximum absolute atomic E-state index is 11.9. The summed E-state index contributed by atoms with van der Waals surface area (Å²) in [6.45, 7) is 1.84. The van der Waals surface area contributed by atoms with E-state index in [1.165, 1.54) is 24.2 Å². The van der Waals surface area contributed by atoms with Gasteiger partial charge in [0.25, 0.3) is 0 Å². The van der Waals surface area contributed by atoms with Gasteiger partial charge in [0.05, 0.1) is 6.61 Å². The largest absolute Gasteiger partial charge is 0.380 e. The average molecular weight is 290 g/mol. The first-order chi connectivity index (χ1) is 8.62.